The van der Waals surface area contributed by atoms with Crippen LogP contribution in [0, 0.1) is 14.9 Å². The lowest BCUT2D eigenvalue weighted by molar-refractivity contribution is -0.385. The van der Waals surface area contributed by atoms with Gasteiger partial charge in [0.25, 0.3) is 5.69 Å². The van der Waals surface area contributed by atoms with Crippen molar-refractivity contribution in [3.8, 4) is 0 Å². The highest BCUT2D eigenvalue weighted by atomic mass is 32.1. The van der Waals surface area contributed by atoms with E-state index in [1.165, 1.54) is 17.0 Å². The van der Waals surface area contributed by atoms with Crippen molar-refractivity contribution < 1.29 is 4.92 Å². The fourth-order valence-electron chi connectivity index (χ4n) is 2.22. The summed E-state index contributed by atoms with van der Waals surface area (Å²) in [5.74, 6) is 0.626. The second-order valence-electron chi connectivity index (χ2n) is 4.98. The molecule has 1 N–H and O–H groups in total. The predicted octanol–water partition coefficient (Wildman–Crippen LogP) is 3.32. The highest BCUT2D eigenvalue weighted by molar-refractivity contribution is 7.71. The van der Waals surface area contributed by atoms with Crippen LogP contribution in [0.25, 0.3) is 0 Å². The Balaban J connectivity index is 1.92. The summed E-state index contributed by atoms with van der Waals surface area (Å²) in [6, 6.07) is 16.2. The number of aromatic nitrogens is 3. The topological polar surface area (TPSA) is 89.1 Å². The molecule has 0 fully saturated rings. The summed E-state index contributed by atoms with van der Waals surface area (Å²) >= 11 is 5.19. The zero-order valence-corrected chi connectivity index (χ0v) is 13.3. The zero-order chi connectivity index (χ0) is 16.9. The molecule has 0 amide bonds. The lowest BCUT2D eigenvalue weighted by Gasteiger charge is -2.01. The highest BCUT2D eigenvalue weighted by Gasteiger charge is 2.11. The molecule has 7 nitrogen and oxygen atoms in total. The van der Waals surface area contributed by atoms with E-state index in [4.69, 9.17) is 12.2 Å². The largest absolute Gasteiger partial charge is 0.278 e. The molecule has 2 aromatic carbocycles. The molecule has 120 valence electrons. The van der Waals surface area contributed by atoms with Gasteiger partial charge in [0.2, 0.25) is 4.77 Å². The molecule has 0 atom stereocenters. The third-order valence-corrected chi connectivity index (χ3v) is 3.63. The van der Waals surface area contributed by atoms with Crippen LogP contribution in [0.15, 0.2) is 59.7 Å². The maximum atomic E-state index is 11.1. The van der Waals surface area contributed by atoms with E-state index in [0.717, 1.165) is 5.56 Å². The molecule has 1 heterocycles. The number of nitrogens with one attached hydrogen (secondary N) is 1. The molecule has 24 heavy (non-hydrogen) atoms. The Morgan fingerprint density at radius 1 is 1.21 bits per heavy atom. The van der Waals surface area contributed by atoms with Gasteiger partial charge in [-0.25, -0.2) is 0 Å². The third-order valence-electron chi connectivity index (χ3n) is 3.37. The van der Waals surface area contributed by atoms with Crippen LogP contribution in [0.4, 0.5) is 5.69 Å². The maximum Gasteiger partial charge on any atom is 0.278 e. The van der Waals surface area contributed by atoms with Crippen molar-refractivity contribution in [1.29, 1.82) is 0 Å². The number of benzene rings is 2. The SMILES string of the molecule is O=[N+]([O-])c1ccccc1/C=N\n1c(Cc2ccccc2)n[nH]c1=S. The quantitative estimate of drug-likeness (QED) is 0.334. The number of para-hydroxylation sites is 1. The summed E-state index contributed by atoms with van der Waals surface area (Å²) in [6.07, 6.45) is 1.96. The number of nitro benzene ring substituents is 1. The van der Waals surface area contributed by atoms with Gasteiger partial charge in [0.1, 0.15) is 0 Å². The number of hydrogen-bond acceptors (Lipinski definition) is 5. The van der Waals surface area contributed by atoms with Crippen molar-refractivity contribution in [1.82, 2.24) is 14.9 Å². The van der Waals surface area contributed by atoms with Crippen LogP contribution in [-0.4, -0.2) is 26.0 Å². The number of hydrogen-bond donors (Lipinski definition) is 1. The van der Waals surface area contributed by atoms with E-state index in [1.54, 1.807) is 18.2 Å². The van der Waals surface area contributed by atoms with E-state index in [0.29, 0.717) is 22.6 Å². The molecule has 0 radical (unpaired) electrons. The lowest BCUT2D eigenvalue weighted by Crippen LogP contribution is -2.01. The summed E-state index contributed by atoms with van der Waals surface area (Å²) in [4.78, 5) is 10.6. The van der Waals surface area contributed by atoms with Crippen LogP contribution in [-0.2, 0) is 6.42 Å². The molecule has 0 spiro atoms. The molecule has 0 aliphatic carbocycles. The van der Waals surface area contributed by atoms with Gasteiger partial charge in [0.15, 0.2) is 5.82 Å². The normalized spacial score (nSPS) is 11.0. The van der Waals surface area contributed by atoms with E-state index in [9.17, 15) is 10.1 Å². The Morgan fingerprint density at radius 3 is 2.67 bits per heavy atom. The Hall–Kier alpha value is -3.13. The van der Waals surface area contributed by atoms with Crippen molar-refractivity contribution in [2.75, 3.05) is 0 Å². The Labute approximate surface area is 142 Å². The monoisotopic (exact) mass is 339 g/mol. The molecule has 8 heteroatoms. The van der Waals surface area contributed by atoms with E-state index < -0.39 is 4.92 Å². The van der Waals surface area contributed by atoms with E-state index in [-0.39, 0.29) is 5.69 Å². The standard InChI is InChI=1S/C16H13N5O2S/c22-21(23)14-9-5-4-8-13(14)11-17-20-15(18-19-16(20)24)10-12-6-2-1-3-7-12/h1-9,11H,10H2,(H,19,24)/b17-11-. The molecular weight excluding hydrogens is 326 g/mol. The van der Waals surface area contributed by atoms with Gasteiger partial charge in [-0.05, 0) is 23.8 Å². The average molecular weight is 339 g/mol. The zero-order valence-electron chi connectivity index (χ0n) is 12.5. The first-order valence-corrected chi connectivity index (χ1v) is 7.54. The summed E-state index contributed by atoms with van der Waals surface area (Å²) in [5, 5.41) is 22.2. The van der Waals surface area contributed by atoms with E-state index in [2.05, 4.69) is 15.3 Å². The highest BCUT2D eigenvalue weighted by Crippen LogP contribution is 2.15. The molecular formula is C16H13N5O2S. The van der Waals surface area contributed by atoms with Crippen molar-refractivity contribution in [2.24, 2.45) is 5.10 Å². The van der Waals surface area contributed by atoms with Crippen molar-refractivity contribution in [3.63, 3.8) is 0 Å². The average Bonchev–Trinajstić information content (AvgIpc) is 2.94. The molecule has 0 saturated heterocycles. The second kappa shape index (κ2) is 6.97. The van der Waals surface area contributed by atoms with Gasteiger partial charge in [-0.1, -0.05) is 42.5 Å². The number of nitrogens with zero attached hydrogens (tertiary/aromatic N) is 4. The predicted molar refractivity (Wildman–Crippen MR) is 92.7 cm³/mol. The third kappa shape index (κ3) is 3.44. The van der Waals surface area contributed by atoms with Crippen molar-refractivity contribution >= 4 is 24.1 Å². The van der Waals surface area contributed by atoms with E-state index >= 15 is 0 Å². The van der Waals surface area contributed by atoms with Gasteiger partial charge in [0.05, 0.1) is 16.7 Å². The molecule has 0 aliphatic rings. The first-order chi connectivity index (χ1) is 11.6. The number of nitro groups is 1. The first-order valence-electron chi connectivity index (χ1n) is 7.13. The number of rotatable bonds is 5. The fraction of sp³-hybridized carbons (Fsp3) is 0.0625. The van der Waals surface area contributed by atoms with Gasteiger partial charge < -0.3 is 0 Å². The van der Waals surface area contributed by atoms with Crippen LogP contribution in [0.3, 0.4) is 0 Å². The van der Waals surface area contributed by atoms with Gasteiger partial charge in [-0.3, -0.25) is 15.2 Å². The summed E-state index contributed by atoms with van der Waals surface area (Å²) in [6.45, 7) is 0. The van der Waals surface area contributed by atoms with Gasteiger partial charge in [-0.2, -0.15) is 14.9 Å². The minimum atomic E-state index is -0.444. The first kappa shape index (κ1) is 15.8. The fourth-order valence-corrected chi connectivity index (χ4v) is 2.42. The Morgan fingerprint density at radius 2 is 1.92 bits per heavy atom. The molecule has 0 unspecified atom stereocenters. The second-order valence-corrected chi connectivity index (χ2v) is 5.37. The van der Waals surface area contributed by atoms with Crippen LogP contribution in [0.2, 0.25) is 0 Å². The molecule has 3 rings (SSSR count). The minimum Gasteiger partial charge on any atom is -0.258 e. The van der Waals surface area contributed by atoms with Gasteiger partial charge in [0, 0.05) is 12.5 Å². The Kier molecular flexibility index (Phi) is 4.57. The molecule has 3 aromatic rings. The Bertz CT molecular complexity index is 946. The molecule has 0 saturated carbocycles. The van der Waals surface area contributed by atoms with E-state index in [1.807, 2.05) is 30.3 Å². The van der Waals surface area contributed by atoms with Crippen LogP contribution < -0.4 is 0 Å². The van der Waals surface area contributed by atoms with Gasteiger partial charge >= 0.3 is 0 Å². The number of aromatic amines is 1. The van der Waals surface area contributed by atoms with Gasteiger partial charge in [-0.15, -0.1) is 0 Å². The van der Waals surface area contributed by atoms with Crippen LogP contribution in [0.1, 0.15) is 17.0 Å². The van der Waals surface area contributed by atoms with Crippen LogP contribution >= 0.6 is 12.2 Å². The van der Waals surface area contributed by atoms with Crippen LogP contribution in [0.5, 0.6) is 0 Å². The van der Waals surface area contributed by atoms with Crippen molar-refractivity contribution in [2.45, 2.75) is 6.42 Å². The maximum absolute atomic E-state index is 11.1. The minimum absolute atomic E-state index is 0.0131. The summed E-state index contributed by atoms with van der Waals surface area (Å²) in [7, 11) is 0. The lowest BCUT2D eigenvalue weighted by atomic mass is 10.1. The number of H-pyrrole nitrogens is 1. The summed E-state index contributed by atoms with van der Waals surface area (Å²) in [5.41, 5.74) is 1.45. The molecule has 0 aliphatic heterocycles. The smallest absolute Gasteiger partial charge is 0.258 e. The molecule has 1 aromatic heterocycles. The van der Waals surface area contributed by atoms with Crippen molar-refractivity contribution in [3.05, 3.63) is 86.4 Å². The summed E-state index contributed by atoms with van der Waals surface area (Å²) < 4.78 is 1.80. The molecule has 0 bridgehead atoms.